The molecule has 1 aromatic carbocycles. The van der Waals surface area contributed by atoms with E-state index in [9.17, 15) is 4.79 Å². The van der Waals surface area contributed by atoms with Gasteiger partial charge >= 0.3 is 0 Å². The minimum absolute atomic E-state index is 0.0990. The maximum absolute atomic E-state index is 12.7. The van der Waals surface area contributed by atoms with Crippen LogP contribution in [0.2, 0.25) is 0 Å². The van der Waals surface area contributed by atoms with Gasteiger partial charge in [-0.3, -0.25) is 4.79 Å². The van der Waals surface area contributed by atoms with Gasteiger partial charge in [0.1, 0.15) is 11.6 Å². The molecule has 0 aliphatic carbocycles. The molecular formula is C18H19N3O2. The third-order valence-corrected chi connectivity index (χ3v) is 4.49. The molecule has 5 heteroatoms. The van der Waals surface area contributed by atoms with Crippen LogP contribution in [0.3, 0.4) is 0 Å². The number of carbonyl (C=O) groups excluding carboxylic acids is 1. The number of aromatic nitrogens is 1. The van der Waals surface area contributed by atoms with Crippen molar-refractivity contribution in [3.8, 4) is 5.75 Å². The topological polar surface area (TPSA) is 45.7 Å². The van der Waals surface area contributed by atoms with E-state index in [1.165, 1.54) is 0 Å². The van der Waals surface area contributed by atoms with Gasteiger partial charge in [0, 0.05) is 38.8 Å². The van der Waals surface area contributed by atoms with Crippen molar-refractivity contribution in [2.75, 3.05) is 31.1 Å². The minimum atomic E-state index is -0.367. The van der Waals surface area contributed by atoms with E-state index in [0.717, 1.165) is 30.2 Å². The number of hydrogen-bond donors (Lipinski definition) is 0. The summed E-state index contributed by atoms with van der Waals surface area (Å²) < 4.78 is 5.82. The SMILES string of the molecule is O=C(C1Cc2ccccc2O1)N1CCN(c2ccccn2)CC1. The van der Waals surface area contributed by atoms with Crippen molar-refractivity contribution in [3.63, 3.8) is 0 Å². The summed E-state index contributed by atoms with van der Waals surface area (Å²) in [6, 6.07) is 13.8. The number of rotatable bonds is 2. The van der Waals surface area contributed by atoms with E-state index in [1.54, 1.807) is 6.20 Å². The number of ether oxygens (including phenoxy) is 1. The highest BCUT2D eigenvalue weighted by Gasteiger charge is 2.33. The summed E-state index contributed by atoms with van der Waals surface area (Å²) in [7, 11) is 0. The Bertz CT molecular complexity index is 671. The quantitative estimate of drug-likeness (QED) is 0.847. The first-order chi connectivity index (χ1) is 11.3. The van der Waals surface area contributed by atoms with Crippen LogP contribution in [0.5, 0.6) is 5.75 Å². The Hall–Kier alpha value is -2.56. The van der Waals surface area contributed by atoms with Crippen molar-refractivity contribution in [2.45, 2.75) is 12.5 Å². The number of carbonyl (C=O) groups is 1. The molecule has 23 heavy (non-hydrogen) atoms. The number of para-hydroxylation sites is 1. The first-order valence-electron chi connectivity index (χ1n) is 8.00. The molecule has 1 unspecified atom stereocenters. The first-order valence-corrected chi connectivity index (χ1v) is 8.00. The number of piperazine rings is 1. The average Bonchev–Trinajstić information content (AvgIpc) is 3.06. The lowest BCUT2D eigenvalue weighted by molar-refractivity contribution is -0.138. The number of nitrogens with zero attached hydrogens (tertiary/aromatic N) is 3. The molecule has 0 spiro atoms. The Morgan fingerprint density at radius 3 is 2.57 bits per heavy atom. The van der Waals surface area contributed by atoms with Crippen LogP contribution in [0.4, 0.5) is 5.82 Å². The van der Waals surface area contributed by atoms with E-state index in [2.05, 4.69) is 9.88 Å². The second-order valence-electron chi connectivity index (χ2n) is 5.92. The molecule has 2 aromatic rings. The molecule has 1 saturated heterocycles. The highest BCUT2D eigenvalue weighted by atomic mass is 16.5. The largest absolute Gasteiger partial charge is 0.480 e. The van der Waals surface area contributed by atoms with Crippen molar-refractivity contribution in [1.82, 2.24) is 9.88 Å². The second-order valence-corrected chi connectivity index (χ2v) is 5.92. The van der Waals surface area contributed by atoms with E-state index < -0.39 is 0 Å². The summed E-state index contributed by atoms with van der Waals surface area (Å²) in [5.74, 6) is 1.92. The van der Waals surface area contributed by atoms with Gasteiger partial charge in [0.2, 0.25) is 0 Å². The van der Waals surface area contributed by atoms with Crippen molar-refractivity contribution >= 4 is 11.7 Å². The molecule has 1 amide bonds. The van der Waals surface area contributed by atoms with E-state index >= 15 is 0 Å². The van der Waals surface area contributed by atoms with Crippen LogP contribution >= 0.6 is 0 Å². The number of pyridine rings is 1. The van der Waals surface area contributed by atoms with E-state index in [1.807, 2.05) is 47.4 Å². The fourth-order valence-electron chi connectivity index (χ4n) is 3.22. The molecule has 0 radical (unpaired) electrons. The predicted octanol–water partition coefficient (Wildman–Crippen LogP) is 1.73. The standard InChI is InChI=1S/C18H19N3O2/c22-18(16-13-14-5-1-2-6-15(14)23-16)21-11-9-20(10-12-21)17-7-3-4-8-19-17/h1-8,16H,9-13H2. The molecule has 4 rings (SSSR count). The van der Waals surface area contributed by atoms with E-state index in [0.29, 0.717) is 19.5 Å². The summed E-state index contributed by atoms with van der Waals surface area (Å²) in [6.45, 7) is 3.04. The van der Waals surface area contributed by atoms with Crippen LogP contribution < -0.4 is 9.64 Å². The zero-order valence-electron chi connectivity index (χ0n) is 12.9. The molecule has 118 valence electrons. The lowest BCUT2D eigenvalue weighted by Crippen LogP contribution is -2.52. The highest BCUT2D eigenvalue weighted by Crippen LogP contribution is 2.29. The molecule has 2 aliphatic rings. The monoisotopic (exact) mass is 309 g/mol. The fraction of sp³-hybridized carbons (Fsp3) is 0.333. The highest BCUT2D eigenvalue weighted by molar-refractivity contribution is 5.83. The molecule has 0 N–H and O–H groups in total. The van der Waals surface area contributed by atoms with Gasteiger partial charge in [0.15, 0.2) is 6.10 Å². The van der Waals surface area contributed by atoms with E-state index in [-0.39, 0.29) is 12.0 Å². The molecule has 2 aliphatic heterocycles. The van der Waals surface area contributed by atoms with Gasteiger partial charge in [-0.1, -0.05) is 24.3 Å². The maximum atomic E-state index is 12.7. The zero-order chi connectivity index (χ0) is 15.6. The van der Waals surface area contributed by atoms with Crippen LogP contribution in [0.25, 0.3) is 0 Å². The average molecular weight is 309 g/mol. The summed E-state index contributed by atoms with van der Waals surface area (Å²) in [5, 5.41) is 0. The summed E-state index contributed by atoms with van der Waals surface area (Å²) in [6.07, 6.45) is 2.11. The third-order valence-electron chi connectivity index (χ3n) is 4.49. The first kappa shape index (κ1) is 14.1. The second kappa shape index (κ2) is 5.91. The van der Waals surface area contributed by atoms with Crippen LogP contribution in [0.15, 0.2) is 48.7 Å². The maximum Gasteiger partial charge on any atom is 0.264 e. The van der Waals surface area contributed by atoms with Gasteiger partial charge in [-0.2, -0.15) is 0 Å². The number of benzene rings is 1. The molecule has 0 saturated carbocycles. The van der Waals surface area contributed by atoms with Gasteiger partial charge in [0.25, 0.3) is 5.91 Å². The minimum Gasteiger partial charge on any atom is -0.480 e. The summed E-state index contributed by atoms with van der Waals surface area (Å²) in [4.78, 5) is 21.2. The Morgan fingerprint density at radius 2 is 1.83 bits per heavy atom. The number of fused-ring (bicyclic) bond motifs is 1. The Balaban J connectivity index is 1.37. The van der Waals surface area contributed by atoms with Gasteiger partial charge in [-0.15, -0.1) is 0 Å². The van der Waals surface area contributed by atoms with Crippen molar-refractivity contribution in [2.24, 2.45) is 0 Å². The molecule has 3 heterocycles. The van der Waals surface area contributed by atoms with Gasteiger partial charge in [-0.25, -0.2) is 4.98 Å². The molecule has 5 nitrogen and oxygen atoms in total. The Morgan fingerprint density at radius 1 is 1.04 bits per heavy atom. The third kappa shape index (κ3) is 2.74. The van der Waals surface area contributed by atoms with Crippen LogP contribution in [-0.2, 0) is 11.2 Å². The normalized spacial score (nSPS) is 20.1. The van der Waals surface area contributed by atoms with E-state index in [4.69, 9.17) is 4.74 Å². The van der Waals surface area contributed by atoms with Crippen LogP contribution in [0.1, 0.15) is 5.56 Å². The summed E-state index contributed by atoms with van der Waals surface area (Å²) in [5.41, 5.74) is 1.12. The Labute approximate surface area is 135 Å². The number of hydrogen-bond acceptors (Lipinski definition) is 4. The van der Waals surface area contributed by atoms with Crippen LogP contribution in [-0.4, -0.2) is 48.1 Å². The lowest BCUT2D eigenvalue weighted by atomic mass is 10.1. The Kier molecular flexibility index (Phi) is 3.61. The summed E-state index contributed by atoms with van der Waals surface area (Å²) >= 11 is 0. The number of amides is 1. The molecule has 1 aromatic heterocycles. The van der Waals surface area contributed by atoms with Gasteiger partial charge in [-0.05, 0) is 23.8 Å². The predicted molar refractivity (Wildman–Crippen MR) is 87.6 cm³/mol. The number of anilines is 1. The van der Waals surface area contributed by atoms with Crippen LogP contribution in [0, 0.1) is 0 Å². The fourth-order valence-corrected chi connectivity index (χ4v) is 3.22. The van der Waals surface area contributed by atoms with Gasteiger partial charge < -0.3 is 14.5 Å². The molecular weight excluding hydrogens is 290 g/mol. The molecule has 1 atom stereocenters. The van der Waals surface area contributed by atoms with Crippen molar-refractivity contribution < 1.29 is 9.53 Å². The molecule has 1 fully saturated rings. The van der Waals surface area contributed by atoms with Crippen molar-refractivity contribution in [1.29, 1.82) is 0 Å². The lowest BCUT2D eigenvalue weighted by Gasteiger charge is -2.36. The van der Waals surface area contributed by atoms with Crippen molar-refractivity contribution in [3.05, 3.63) is 54.2 Å². The smallest absolute Gasteiger partial charge is 0.264 e. The molecule has 0 bridgehead atoms. The zero-order valence-corrected chi connectivity index (χ0v) is 12.9. The van der Waals surface area contributed by atoms with Gasteiger partial charge in [0.05, 0.1) is 0 Å².